The lowest BCUT2D eigenvalue weighted by Gasteiger charge is -2.17. The summed E-state index contributed by atoms with van der Waals surface area (Å²) >= 11 is 0. The maximum absolute atomic E-state index is 12.7. The third-order valence-electron chi connectivity index (χ3n) is 3.15. The smallest absolute Gasteiger partial charge is 0.347 e. The second kappa shape index (κ2) is 4.26. The number of carbonyl (C=O) groups is 1. The summed E-state index contributed by atoms with van der Waals surface area (Å²) in [6.07, 6.45) is -3.48. The molecule has 0 unspecified atom stereocenters. The van der Waals surface area contributed by atoms with Gasteiger partial charge in [0.25, 0.3) is 0 Å². The van der Waals surface area contributed by atoms with Gasteiger partial charge >= 0.3 is 12.1 Å². The van der Waals surface area contributed by atoms with Gasteiger partial charge in [-0.3, -0.25) is 4.79 Å². The lowest BCUT2D eigenvalue weighted by atomic mass is 9.96. The zero-order valence-corrected chi connectivity index (χ0v) is 9.35. The first-order chi connectivity index (χ1) is 8.33. The van der Waals surface area contributed by atoms with Crippen molar-refractivity contribution in [2.75, 3.05) is 6.54 Å². The third kappa shape index (κ3) is 2.63. The summed E-state index contributed by atoms with van der Waals surface area (Å²) in [5.41, 5.74) is 0.292. The molecule has 2 rings (SSSR count). The molecule has 2 nitrogen and oxygen atoms in total. The van der Waals surface area contributed by atoms with Gasteiger partial charge in [0.2, 0.25) is 0 Å². The van der Waals surface area contributed by atoms with Gasteiger partial charge in [-0.15, -0.1) is 0 Å². The molecule has 1 N–H and O–H groups in total. The van der Waals surface area contributed by atoms with Crippen LogP contribution >= 0.6 is 0 Å². The fourth-order valence-electron chi connectivity index (χ4n) is 1.87. The monoisotopic (exact) mass is 261 g/mol. The largest absolute Gasteiger partial charge is 0.471 e. The van der Waals surface area contributed by atoms with Crippen molar-refractivity contribution in [3.8, 4) is 0 Å². The van der Waals surface area contributed by atoms with Crippen LogP contribution in [0.4, 0.5) is 17.6 Å². The molecule has 0 heterocycles. The SMILES string of the molecule is O=C(NCC1(c2ccc(F)cc2)CC1)C(F)(F)F. The van der Waals surface area contributed by atoms with E-state index in [4.69, 9.17) is 0 Å². The first-order valence-electron chi connectivity index (χ1n) is 5.45. The number of rotatable bonds is 3. The van der Waals surface area contributed by atoms with Crippen LogP contribution in [0.25, 0.3) is 0 Å². The van der Waals surface area contributed by atoms with Crippen molar-refractivity contribution in [2.24, 2.45) is 0 Å². The van der Waals surface area contributed by atoms with Crippen molar-refractivity contribution in [3.05, 3.63) is 35.6 Å². The first kappa shape index (κ1) is 12.9. The minimum atomic E-state index is -4.86. The summed E-state index contributed by atoms with van der Waals surface area (Å²) in [6.45, 7) is -0.0724. The second-order valence-electron chi connectivity index (χ2n) is 4.47. The van der Waals surface area contributed by atoms with Crippen LogP contribution in [0.15, 0.2) is 24.3 Å². The summed E-state index contributed by atoms with van der Waals surface area (Å²) in [4.78, 5) is 10.7. The maximum Gasteiger partial charge on any atom is 0.471 e. The lowest BCUT2D eigenvalue weighted by Crippen LogP contribution is -2.40. The highest BCUT2D eigenvalue weighted by Crippen LogP contribution is 2.47. The Labute approximate surface area is 101 Å². The molecule has 0 saturated heterocycles. The van der Waals surface area contributed by atoms with Gasteiger partial charge in [0, 0.05) is 12.0 Å². The van der Waals surface area contributed by atoms with E-state index in [0.29, 0.717) is 12.8 Å². The maximum atomic E-state index is 12.7. The predicted molar refractivity (Wildman–Crippen MR) is 56.4 cm³/mol. The van der Waals surface area contributed by atoms with Gasteiger partial charge in [0.05, 0.1) is 0 Å². The highest BCUT2D eigenvalue weighted by atomic mass is 19.4. The molecule has 0 aliphatic heterocycles. The number of amides is 1. The third-order valence-corrected chi connectivity index (χ3v) is 3.15. The summed E-state index contributed by atoms with van der Waals surface area (Å²) in [7, 11) is 0. The van der Waals surface area contributed by atoms with E-state index in [2.05, 4.69) is 0 Å². The molecule has 0 radical (unpaired) electrons. The number of hydrogen-bond acceptors (Lipinski definition) is 1. The second-order valence-corrected chi connectivity index (χ2v) is 4.47. The summed E-state index contributed by atoms with van der Waals surface area (Å²) in [6, 6.07) is 5.62. The summed E-state index contributed by atoms with van der Waals surface area (Å²) < 4.78 is 48.9. The van der Waals surface area contributed by atoms with E-state index in [1.807, 2.05) is 5.32 Å². The van der Waals surface area contributed by atoms with Crippen molar-refractivity contribution in [1.29, 1.82) is 0 Å². The standard InChI is InChI=1S/C12H11F4NO/c13-9-3-1-8(2-4-9)11(5-6-11)7-17-10(18)12(14,15)16/h1-4H,5-7H2,(H,17,18). The molecule has 1 aliphatic carbocycles. The Morgan fingerprint density at radius 1 is 1.22 bits per heavy atom. The molecule has 1 aromatic rings. The Morgan fingerprint density at radius 2 is 1.78 bits per heavy atom. The van der Waals surface area contributed by atoms with E-state index in [1.54, 1.807) is 12.1 Å². The molecule has 1 amide bonds. The highest BCUT2D eigenvalue weighted by molar-refractivity contribution is 5.81. The van der Waals surface area contributed by atoms with E-state index in [1.165, 1.54) is 12.1 Å². The fourth-order valence-corrected chi connectivity index (χ4v) is 1.87. The van der Waals surface area contributed by atoms with Crippen LogP contribution in [0.3, 0.4) is 0 Å². The number of carbonyl (C=O) groups excluding carboxylic acids is 1. The molecule has 6 heteroatoms. The molecule has 18 heavy (non-hydrogen) atoms. The molecule has 0 spiro atoms. The molecule has 1 saturated carbocycles. The Hall–Kier alpha value is -1.59. The van der Waals surface area contributed by atoms with Crippen LogP contribution in [-0.4, -0.2) is 18.6 Å². The van der Waals surface area contributed by atoms with Crippen molar-refractivity contribution >= 4 is 5.91 Å². The van der Waals surface area contributed by atoms with Crippen molar-refractivity contribution in [2.45, 2.75) is 24.4 Å². The normalized spacial score (nSPS) is 17.3. The Kier molecular flexibility index (Phi) is 3.04. The van der Waals surface area contributed by atoms with Crippen LogP contribution in [0.2, 0.25) is 0 Å². The minimum Gasteiger partial charge on any atom is -0.347 e. The predicted octanol–water partition coefficient (Wildman–Crippen LogP) is 2.54. The van der Waals surface area contributed by atoms with Gasteiger partial charge < -0.3 is 5.32 Å². The van der Waals surface area contributed by atoms with E-state index >= 15 is 0 Å². The van der Waals surface area contributed by atoms with Crippen LogP contribution in [0.1, 0.15) is 18.4 Å². The molecule has 1 fully saturated rings. The zero-order valence-electron chi connectivity index (χ0n) is 9.35. The number of hydrogen-bond donors (Lipinski definition) is 1. The van der Waals surface area contributed by atoms with E-state index in [-0.39, 0.29) is 6.54 Å². The summed E-state index contributed by atoms with van der Waals surface area (Å²) in [5, 5.41) is 1.88. The van der Waals surface area contributed by atoms with Gasteiger partial charge in [0.15, 0.2) is 0 Å². The Balaban J connectivity index is 2.01. The molecule has 0 bridgehead atoms. The quantitative estimate of drug-likeness (QED) is 0.832. The number of halogens is 4. The van der Waals surface area contributed by atoms with Gasteiger partial charge in [-0.05, 0) is 30.5 Å². The van der Waals surface area contributed by atoms with Gasteiger partial charge in [-0.1, -0.05) is 12.1 Å². The van der Waals surface area contributed by atoms with Crippen molar-refractivity contribution in [1.82, 2.24) is 5.32 Å². The van der Waals surface area contributed by atoms with Crippen molar-refractivity contribution in [3.63, 3.8) is 0 Å². The molecule has 98 valence electrons. The highest BCUT2D eigenvalue weighted by Gasteiger charge is 2.46. The molecular formula is C12H11F4NO. The number of alkyl halides is 3. The van der Waals surface area contributed by atoms with E-state index in [9.17, 15) is 22.4 Å². The van der Waals surface area contributed by atoms with Crippen LogP contribution in [0.5, 0.6) is 0 Å². The van der Waals surface area contributed by atoms with Gasteiger partial charge in [-0.25, -0.2) is 4.39 Å². The molecule has 1 aliphatic rings. The average molecular weight is 261 g/mol. The van der Waals surface area contributed by atoms with Gasteiger partial charge in [-0.2, -0.15) is 13.2 Å². The topological polar surface area (TPSA) is 29.1 Å². The van der Waals surface area contributed by atoms with Crippen molar-refractivity contribution < 1.29 is 22.4 Å². The molecule has 0 atom stereocenters. The Morgan fingerprint density at radius 3 is 2.22 bits per heavy atom. The number of nitrogens with one attached hydrogen (secondary N) is 1. The van der Waals surface area contributed by atoms with Crippen LogP contribution < -0.4 is 5.32 Å². The van der Waals surface area contributed by atoms with Gasteiger partial charge in [0.1, 0.15) is 5.82 Å². The van der Waals surface area contributed by atoms with Crippen LogP contribution in [-0.2, 0) is 10.2 Å². The molecule has 0 aromatic heterocycles. The van der Waals surface area contributed by atoms with E-state index in [0.717, 1.165) is 5.56 Å². The minimum absolute atomic E-state index is 0.0724. The molecular weight excluding hydrogens is 250 g/mol. The van der Waals surface area contributed by atoms with Crippen LogP contribution in [0, 0.1) is 5.82 Å². The zero-order chi connectivity index (χ0) is 13.4. The average Bonchev–Trinajstić information content (AvgIpc) is 3.06. The fraction of sp³-hybridized carbons (Fsp3) is 0.417. The number of benzene rings is 1. The summed E-state index contributed by atoms with van der Waals surface area (Å²) in [5.74, 6) is -2.33. The first-order valence-corrected chi connectivity index (χ1v) is 5.45. The lowest BCUT2D eigenvalue weighted by molar-refractivity contribution is -0.173. The molecule has 1 aromatic carbocycles. The van der Waals surface area contributed by atoms with E-state index < -0.39 is 23.3 Å². The Bertz CT molecular complexity index is 448.